The number of halogens is 3. The second-order valence-corrected chi connectivity index (χ2v) is 10.7. The molecule has 1 fully saturated rings. The molecule has 0 spiro atoms. The number of aliphatic hydroxyl groups is 1. The second-order valence-electron chi connectivity index (χ2n) is 10.2. The van der Waals surface area contributed by atoms with Crippen molar-refractivity contribution in [2.45, 2.75) is 31.8 Å². The highest BCUT2D eigenvalue weighted by Crippen LogP contribution is 2.38. The highest BCUT2D eigenvalue weighted by Gasteiger charge is 2.40. The Bertz CT molecular complexity index is 1460. The summed E-state index contributed by atoms with van der Waals surface area (Å²) in [4.78, 5) is 16.5. The van der Waals surface area contributed by atoms with Crippen LogP contribution < -0.4 is 5.32 Å². The van der Waals surface area contributed by atoms with E-state index in [1.807, 2.05) is 0 Å². The van der Waals surface area contributed by atoms with Crippen LogP contribution in [0.1, 0.15) is 41.1 Å². The lowest BCUT2D eigenvalue weighted by molar-refractivity contribution is -0.210. The minimum atomic E-state index is -1.69. The third-order valence-electron chi connectivity index (χ3n) is 7.28. The first-order valence-electron chi connectivity index (χ1n) is 13.1. The molecule has 0 bridgehead atoms. The summed E-state index contributed by atoms with van der Waals surface area (Å²) < 4.78 is 41.8. The number of carbonyl (C=O) groups is 1. The molecule has 1 aliphatic rings. The number of benzene rings is 3. The fourth-order valence-corrected chi connectivity index (χ4v) is 5.13. The van der Waals surface area contributed by atoms with E-state index in [2.05, 4.69) is 15.4 Å². The van der Waals surface area contributed by atoms with Gasteiger partial charge in [0.05, 0.1) is 19.8 Å². The molecule has 2 N–H and O–H groups in total. The lowest BCUT2D eigenvalue weighted by atomic mass is 9.77. The van der Waals surface area contributed by atoms with Crippen LogP contribution in [0.15, 0.2) is 79.4 Å². The van der Waals surface area contributed by atoms with Crippen LogP contribution in [0.2, 0.25) is 5.02 Å². The van der Waals surface area contributed by atoms with E-state index in [-0.39, 0.29) is 23.9 Å². The highest BCUT2D eigenvalue weighted by atomic mass is 35.5. The van der Waals surface area contributed by atoms with Gasteiger partial charge >= 0.3 is 0 Å². The Morgan fingerprint density at radius 2 is 1.83 bits per heavy atom. The molecule has 3 aromatic carbocycles. The van der Waals surface area contributed by atoms with E-state index in [4.69, 9.17) is 21.1 Å². The number of hydrogen-bond acceptors (Lipinski definition) is 6. The average Bonchev–Trinajstić information content (AvgIpc) is 3.47. The van der Waals surface area contributed by atoms with Crippen molar-refractivity contribution in [3.63, 3.8) is 0 Å². The molecule has 0 saturated carbocycles. The van der Waals surface area contributed by atoms with Crippen molar-refractivity contribution in [3.8, 4) is 0 Å². The van der Waals surface area contributed by atoms with E-state index in [1.54, 1.807) is 55.5 Å². The van der Waals surface area contributed by atoms with Gasteiger partial charge in [-0.1, -0.05) is 36.7 Å². The fraction of sp³-hybridized carbons (Fsp3) is 0.300. The number of rotatable bonds is 9. The number of hydrogen-bond donors (Lipinski definition) is 2. The third-order valence-corrected chi connectivity index (χ3v) is 7.54. The van der Waals surface area contributed by atoms with Crippen LogP contribution in [0.3, 0.4) is 0 Å². The van der Waals surface area contributed by atoms with E-state index in [9.17, 15) is 18.7 Å². The van der Waals surface area contributed by atoms with Gasteiger partial charge in [0.1, 0.15) is 29.9 Å². The zero-order chi connectivity index (χ0) is 29.0. The predicted octanol–water partition coefficient (Wildman–Crippen LogP) is 5.74. The third kappa shape index (κ3) is 6.79. The van der Waals surface area contributed by atoms with E-state index in [0.717, 1.165) is 17.7 Å². The maximum absolute atomic E-state index is 14.8. The van der Waals surface area contributed by atoms with E-state index >= 15 is 0 Å². The predicted molar refractivity (Wildman–Crippen MR) is 148 cm³/mol. The monoisotopic (exact) mass is 582 g/mol. The largest absolute Gasteiger partial charge is 0.383 e. The molecule has 41 heavy (non-hydrogen) atoms. The summed E-state index contributed by atoms with van der Waals surface area (Å²) >= 11 is 5.89. The maximum Gasteiger partial charge on any atom is 0.255 e. The molecule has 1 saturated heterocycles. The number of carbonyl (C=O) groups excluding carboxylic acids is 1. The smallest absolute Gasteiger partial charge is 0.255 e. The van der Waals surface area contributed by atoms with Gasteiger partial charge in [-0.15, -0.1) is 0 Å². The second kappa shape index (κ2) is 12.4. The fourth-order valence-electron chi connectivity index (χ4n) is 5.00. The minimum Gasteiger partial charge on any atom is -0.383 e. The number of anilines is 1. The van der Waals surface area contributed by atoms with Crippen molar-refractivity contribution in [2.24, 2.45) is 11.8 Å². The van der Waals surface area contributed by atoms with Crippen molar-refractivity contribution < 1.29 is 28.2 Å². The Morgan fingerprint density at radius 3 is 2.46 bits per heavy atom. The zero-order valence-corrected chi connectivity index (χ0v) is 23.0. The molecular weight excluding hydrogens is 554 g/mol. The van der Waals surface area contributed by atoms with Gasteiger partial charge in [-0.2, -0.15) is 5.10 Å². The molecule has 5 rings (SSSR count). The van der Waals surface area contributed by atoms with Crippen molar-refractivity contribution in [1.82, 2.24) is 14.8 Å². The topological polar surface area (TPSA) is 98.5 Å². The maximum atomic E-state index is 14.8. The van der Waals surface area contributed by atoms with Gasteiger partial charge in [0, 0.05) is 39.4 Å². The van der Waals surface area contributed by atoms with Gasteiger partial charge in [0.15, 0.2) is 6.29 Å². The normalized spacial score (nSPS) is 19.3. The molecule has 0 aliphatic carbocycles. The molecule has 0 radical (unpaired) electrons. The first-order valence-corrected chi connectivity index (χ1v) is 13.5. The van der Waals surface area contributed by atoms with E-state index in [1.165, 1.54) is 23.4 Å². The van der Waals surface area contributed by atoms with Gasteiger partial charge in [0.25, 0.3) is 5.91 Å². The number of amides is 1. The number of aromatic nitrogens is 3. The molecule has 1 amide bonds. The van der Waals surface area contributed by atoms with Gasteiger partial charge in [0.2, 0.25) is 0 Å². The van der Waals surface area contributed by atoms with Gasteiger partial charge < -0.3 is 19.9 Å². The molecule has 2 heterocycles. The van der Waals surface area contributed by atoms with Crippen LogP contribution in [-0.2, 0) is 21.6 Å². The summed E-state index contributed by atoms with van der Waals surface area (Å²) in [7, 11) is 0. The lowest BCUT2D eigenvalue weighted by Gasteiger charge is -2.38. The van der Waals surface area contributed by atoms with Crippen molar-refractivity contribution >= 4 is 23.2 Å². The Balaban J connectivity index is 1.20. The first-order chi connectivity index (χ1) is 19.7. The van der Waals surface area contributed by atoms with E-state index in [0.29, 0.717) is 35.9 Å². The molecule has 8 nitrogen and oxygen atoms in total. The van der Waals surface area contributed by atoms with Crippen molar-refractivity contribution in [2.75, 3.05) is 18.5 Å². The van der Waals surface area contributed by atoms with Gasteiger partial charge in [-0.05, 0) is 54.8 Å². The lowest BCUT2D eigenvalue weighted by Crippen LogP contribution is -2.41. The van der Waals surface area contributed by atoms with Crippen molar-refractivity contribution in [3.05, 3.63) is 113 Å². The molecule has 1 aliphatic heterocycles. The summed E-state index contributed by atoms with van der Waals surface area (Å²) in [5.74, 6) is -2.37. The summed E-state index contributed by atoms with van der Waals surface area (Å²) in [6.45, 7) is 2.43. The van der Waals surface area contributed by atoms with Crippen molar-refractivity contribution in [1.29, 1.82) is 0 Å². The Morgan fingerprint density at radius 1 is 1.12 bits per heavy atom. The van der Waals surface area contributed by atoms with Crippen LogP contribution in [0.5, 0.6) is 0 Å². The van der Waals surface area contributed by atoms with Crippen LogP contribution in [0, 0.1) is 23.5 Å². The summed E-state index contributed by atoms with van der Waals surface area (Å²) in [5.41, 5.74) is 0.169. The quantitative estimate of drug-likeness (QED) is 0.261. The van der Waals surface area contributed by atoms with Crippen LogP contribution >= 0.6 is 11.6 Å². The zero-order valence-electron chi connectivity index (χ0n) is 22.2. The molecule has 0 unspecified atom stereocenters. The van der Waals surface area contributed by atoms with E-state index < -0.39 is 29.4 Å². The Hall–Kier alpha value is -3.70. The molecular formula is C30H29ClF2N4O4. The SMILES string of the molecule is C[C@@H](C[C@H]1CO[C@H](c2ccc(C(=O)Nc3ccc(Cl)cc3)cc2)OC1)[C@](O)(Cn1cncn1)c1ccc(F)cc1F. The number of ether oxygens (including phenoxy) is 2. The molecule has 2 atom stereocenters. The summed E-state index contributed by atoms with van der Waals surface area (Å²) in [6, 6.07) is 16.9. The van der Waals surface area contributed by atoms with Crippen LogP contribution in [-0.4, -0.2) is 39.0 Å². The average molecular weight is 583 g/mol. The standard InChI is InChI=1S/C30H29ClF2N4O4/c1-19(30(39,16-37-18-34-17-35-37)26-11-8-24(32)13-27(26)33)12-20-14-40-29(41-15-20)22-4-2-21(3-5-22)28(38)36-25-9-6-23(31)7-10-25/h2-11,13,17-20,29,39H,12,14-16H2,1H3,(H,36,38)/t19-,20-,29-,30+/m0/s1. The van der Waals surface area contributed by atoms with Gasteiger partial charge in [-0.25, -0.2) is 18.4 Å². The minimum absolute atomic E-state index is 0.0161. The van der Waals surface area contributed by atoms with Gasteiger partial charge in [-0.3, -0.25) is 4.79 Å². The number of nitrogens with one attached hydrogen (secondary N) is 1. The molecule has 4 aromatic rings. The van der Waals surface area contributed by atoms with Crippen LogP contribution in [0.4, 0.5) is 14.5 Å². The Kier molecular flexibility index (Phi) is 8.74. The molecule has 214 valence electrons. The Labute approximate surface area is 240 Å². The highest BCUT2D eigenvalue weighted by molar-refractivity contribution is 6.30. The summed E-state index contributed by atoms with van der Waals surface area (Å²) in [5, 5.41) is 19.2. The number of nitrogens with zero attached hydrogens (tertiary/aromatic N) is 3. The summed E-state index contributed by atoms with van der Waals surface area (Å²) in [6.07, 6.45) is 2.59. The first kappa shape index (κ1) is 28.8. The molecule has 1 aromatic heterocycles. The molecule has 11 heteroatoms. The van der Waals surface area contributed by atoms with Crippen LogP contribution in [0.25, 0.3) is 0 Å².